The van der Waals surface area contributed by atoms with Crippen molar-refractivity contribution >= 4 is 35.0 Å². The summed E-state index contributed by atoms with van der Waals surface area (Å²) in [6, 6.07) is 0. The molecule has 0 aliphatic carbocycles. The van der Waals surface area contributed by atoms with E-state index in [2.05, 4.69) is 15.0 Å². The monoisotopic (exact) mass is 225 g/mol. The van der Waals surface area contributed by atoms with E-state index in [0.717, 1.165) is 0 Å². The van der Waals surface area contributed by atoms with Crippen LogP contribution in [0.2, 0.25) is 10.6 Å². The third-order valence-corrected chi connectivity index (χ3v) is 2.05. The zero-order valence-corrected chi connectivity index (χ0v) is 8.20. The second kappa shape index (κ2) is 4.81. The largest absolute Gasteiger partial charge is 0.396 e. The molecular weight excluding hydrogens is 221 g/mol. The molecule has 0 atom stereocenters. The Bertz CT molecular complexity index is 253. The van der Waals surface area contributed by atoms with Crippen molar-refractivity contribution in [2.24, 2.45) is 0 Å². The summed E-state index contributed by atoms with van der Waals surface area (Å²) in [4.78, 5) is 11.1. The van der Waals surface area contributed by atoms with Gasteiger partial charge < -0.3 is 5.11 Å². The summed E-state index contributed by atoms with van der Waals surface area (Å²) in [7, 11) is 0. The van der Waals surface area contributed by atoms with E-state index in [1.165, 1.54) is 11.8 Å². The van der Waals surface area contributed by atoms with E-state index in [4.69, 9.17) is 28.3 Å². The standard InChI is InChI=1S/C5H5Cl2N3OS/c6-3-8-4(7)10-5(9-3)12-2-1-11/h11H,1-2H2. The molecule has 0 saturated heterocycles. The summed E-state index contributed by atoms with van der Waals surface area (Å²) in [5.41, 5.74) is 0. The van der Waals surface area contributed by atoms with Crippen molar-refractivity contribution in [3.63, 3.8) is 0 Å². The summed E-state index contributed by atoms with van der Waals surface area (Å²) in [6.45, 7) is 0.0611. The van der Waals surface area contributed by atoms with Gasteiger partial charge in [-0.15, -0.1) is 0 Å². The average molecular weight is 226 g/mol. The molecule has 0 unspecified atom stereocenters. The highest BCUT2D eigenvalue weighted by Gasteiger charge is 2.02. The van der Waals surface area contributed by atoms with Gasteiger partial charge >= 0.3 is 0 Å². The minimum atomic E-state index is 0.0611. The molecule has 0 spiro atoms. The van der Waals surface area contributed by atoms with Crippen LogP contribution in [0.1, 0.15) is 0 Å². The molecule has 12 heavy (non-hydrogen) atoms. The number of rotatable bonds is 3. The zero-order chi connectivity index (χ0) is 8.97. The Balaban J connectivity index is 2.72. The van der Waals surface area contributed by atoms with Gasteiger partial charge in [-0.3, -0.25) is 0 Å². The third-order valence-electron chi connectivity index (χ3n) is 0.883. The van der Waals surface area contributed by atoms with Crippen LogP contribution in [0.15, 0.2) is 5.16 Å². The van der Waals surface area contributed by atoms with Gasteiger partial charge in [0, 0.05) is 5.75 Å². The lowest BCUT2D eigenvalue weighted by molar-refractivity contribution is 0.322. The fourth-order valence-corrected chi connectivity index (χ4v) is 1.55. The van der Waals surface area contributed by atoms with E-state index in [1.807, 2.05) is 0 Å². The van der Waals surface area contributed by atoms with Crippen LogP contribution in [-0.2, 0) is 0 Å². The number of hydrogen-bond donors (Lipinski definition) is 1. The molecule has 66 valence electrons. The smallest absolute Gasteiger partial charge is 0.227 e. The van der Waals surface area contributed by atoms with E-state index in [0.29, 0.717) is 10.9 Å². The van der Waals surface area contributed by atoms with Gasteiger partial charge in [-0.2, -0.15) is 15.0 Å². The van der Waals surface area contributed by atoms with Crippen molar-refractivity contribution in [1.82, 2.24) is 15.0 Å². The first-order valence-corrected chi connectivity index (χ1v) is 4.77. The second-order valence-corrected chi connectivity index (χ2v) is 3.47. The van der Waals surface area contributed by atoms with Gasteiger partial charge in [0.2, 0.25) is 10.6 Å². The maximum absolute atomic E-state index is 8.51. The van der Waals surface area contributed by atoms with E-state index < -0.39 is 0 Å². The molecule has 0 bridgehead atoms. The Labute approximate surface area is 83.3 Å². The van der Waals surface area contributed by atoms with Crippen LogP contribution in [-0.4, -0.2) is 32.4 Å². The molecule has 0 fully saturated rings. The summed E-state index contributed by atoms with van der Waals surface area (Å²) in [6.07, 6.45) is 0. The average Bonchev–Trinajstić information content (AvgIpc) is 1.99. The molecule has 0 aliphatic rings. The highest BCUT2D eigenvalue weighted by Crippen LogP contribution is 2.15. The third kappa shape index (κ3) is 3.10. The van der Waals surface area contributed by atoms with Crippen molar-refractivity contribution < 1.29 is 5.11 Å². The van der Waals surface area contributed by atoms with Gasteiger partial charge in [0.05, 0.1) is 6.61 Å². The molecule has 0 saturated carbocycles. The van der Waals surface area contributed by atoms with Gasteiger partial charge in [0.15, 0.2) is 5.16 Å². The molecule has 0 aromatic carbocycles. The molecule has 0 amide bonds. The molecular formula is C5H5Cl2N3OS. The quantitative estimate of drug-likeness (QED) is 0.786. The van der Waals surface area contributed by atoms with Crippen LogP contribution >= 0.6 is 35.0 Å². The number of aromatic nitrogens is 3. The SMILES string of the molecule is OCCSc1nc(Cl)nc(Cl)n1. The summed E-state index contributed by atoms with van der Waals surface area (Å²) in [5, 5.41) is 9.06. The molecule has 4 nitrogen and oxygen atoms in total. The van der Waals surface area contributed by atoms with Crippen molar-refractivity contribution in [3.8, 4) is 0 Å². The normalized spacial score (nSPS) is 10.2. The molecule has 1 rings (SSSR count). The van der Waals surface area contributed by atoms with Crippen molar-refractivity contribution in [2.45, 2.75) is 5.16 Å². The lowest BCUT2D eigenvalue weighted by atomic mass is 10.9. The first-order valence-electron chi connectivity index (χ1n) is 3.03. The maximum atomic E-state index is 8.51. The van der Waals surface area contributed by atoms with Crippen LogP contribution in [0.3, 0.4) is 0 Å². The number of halogens is 2. The van der Waals surface area contributed by atoms with Crippen molar-refractivity contribution in [2.75, 3.05) is 12.4 Å². The predicted octanol–water partition coefficient (Wildman–Crippen LogP) is 1.26. The number of hydrogen-bond acceptors (Lipinski definition) is 5. The molecule has 1 aromatic heterocycles. The Morgan fingerprint density at radius 1 is 1.17 bits per heavy atom. The highest BCUT2D eigenvalue weighted by molar-refractivity contribution is 7.99. The minimum absolute atomic E-state index is 0.0611. The van der Waals surface area contributed by atoms with E-state index >= 15 is 0 Å². The zero-order valence-electron chi connectivity index (χ0n) is 5.87. The Hall–Kier alpha value is -0.100. The second-order valence-electron chi connectivity index (χ2n) is 1.73. The first kappa shape index (κ1) is 9.98. The van der Waals surface area contributed by atoms with E-state index in [9.17, 15) is 0 Å². The molecule has 1 N–H and O–H groups in total. The Kier molecular flexibility index (Phi) is 4.00. The van der Waals surface area contributed by atoms with Gasteiger partial charge in [-0.05, 0) is 23.2 Å². The van der Waals surface area contributed by atoms with Crippen molar-refractivity contribution in [1.29, 1.82) is 0 Å². The molecule has 0 aliphatic heterocycles. The first-order chi connectivity index (χ1) is 5.72. The fourth-order valence-electron chi connectivity index (χ4n) is 0.510. The van der Waals surface area contributed by atoms with Crippen LogP contribution in [0.5, 0.6) is 0 Å². The van der Waals surface area contributed by atoms with Crippen molar-refractivity contribution in [3.05, 3.63) is 10.6 Å². The fraction of sp³-hybridized carbons (Fsp3) is 0.400. The number of aliphatic hydroxyl groups is 1. The predicted molar refractivity (Wildman–Crippen MR) is 47.7 cm³/mol. The maximum Gasteiger partial charge on any atom is 0.227 e. The summed E-state index contributed by atoms with van der Waals surface area (Å²) >= 11 is 12.3. The minimum Gasteiger partial charge on any atom is -0.396 e. The van der Waals surface area contributed by atoms with Crippen LogP contribution in [0.4, 0.5) is 0 Å². The number of nitrogens with zero attached hydrogens (tertiary/aromatic N) is 3. The summed E-state index contributed by atoms with van der Waals surface area (Å²) in [5.74, 6) is 0.511. The Morgan fingerprint density at radius 3 is 2.25 bits per heavy atom. The molecule has 0 radical (unpaired) electrons. The van der Waals surface area contributed by atoms with Crippen LogP contribution < -0.4 is 0 Å². The molecule has 7 heteroatoms. The highest BCUT2D eigenvalue weighted by atomic mass is 35.5. The van der Waals surface area contributed by atoms with Gasteiger partial charge in [0.1, 0.15) is 0 Å². The number of aliphatic hydroxyl groups excluding tert-OH is 1. The van der Waals surface area contributed by atoms with Crippen LogP contribution in [0, 0.1) is 0 Å². The Morgan fingerprint density at radius 2 is 1.75 bits per heavy atom. The molecule has 1 aromatic rings. The van der Waals surface area contributed by atoms with E-state index in [1.54, 1.807) is 0 Å². The lowest BCUT2D eigenvalue weighted by Crippen LogP contribution is -1.94. The van der Waals surface area contributed by atoms with Crippen LogP contribution in [0.25, 0.3) is 0 Å². The van der Waals surface area contributed by atoms with Gasteiger partial charge in [-0.25, -0.2) is 0 Å². The van der Waals surface area contributed by atoms with Gasteiger partial charge in [-0.1, -0.05) is 11.8 Å². The van der Waals surface area contributed by atoms with Gasteiger partial charge in [0.25, 0.3) is 0 Å². The summed E-state index contributed by atoms with van der Waals surface area (Å²) < 4.78 is 0. The van der Waals surface area contributed by atoms with E-state index in [-0.39, 0.29) is 17.2 Å². The number of thioether (sulfide) groups is 1. The lowest BCUT2D eigenvalue weighted by Gasteiger charge is -1.97. The topological polar surface area (TPSA) is 58.9 Å². The molecule has 1 heterocycles.